The van der Waals surface area contributed by atoms with E-state index in [0.29, 0.717) is 11.3 Å². The number of amides is 1. The highest BCUT2D eigenvalue weighted by Gasteiger charge is 2.17. The lowest BCUT2D eigenvalue weighted by atomic mass is 10.2. The standard InChI is InChI=1S/C17H19BrN2O4S/c1-12(11-24-2)20-25(22,23)16-9-7-15(8-10-16)19-17(21)13-3-5-14(18)6-4-13/h3-10,12,20H,11H2,1-2H3,(H,19,21). The molecular weight excluding hydrogens is 408 g/mol. The molecule has 1 atom stereocenters. The van der Waals surface area contributed by atoms with Crippen LogP contribution in [0.3, 0.4) is 0 Å². The highest BCUT2D eigenvalue weighted by Crippen LogP contribution is 2.16. The van der Waals surface area contributed by atoms with Crippen LogP contribution in [0.4, 0.5) is 5.69 Å². The third-order valence-corrected chi connectivity index (χ3v) is 5.44. The number of hydrogen-bond acceptors (Lipinski definition) is 4. The summed E-state index contributed by atoms with van der Waals surface area (Å²) in [5, 5.41) is 2.73. The molecule has 0 saturated heterocycles. The molecule has 134 valence electrons. The lowest BCUT2D eigenvalue weighted by molar-refractivity contribution is 0.102. The van der Waals surface area contributed by atoms with Crippen LogP contribution in [0.15, 0.2) is 57.9 Å². The molecule has 6 nitrogen and oxygen atoms in total. The van der Waals surface area contributed by atoms with Crippen molar-refractivity contribution < 1.29 is 17.9 Å². The van der Waals surface area contributed by atoms with Crippen molar-refractivity contribution in [2.45, 2.75) is 17.9 Å². The fourth-order valence-electron chi connectivity index (χ4n) is 2.14. The van der Waals surface area contributed by atoms with Crippen molar-refractivity contribution in [3.05, 3.63) is 58.6 Å². The van der Waals surface area contributed by atoms with Crippen molar-refractivity contribution in [1.29, 1.82) is 0 Å². The molecule has 8 heteroatoms. The first-order valence-corrected chi connectivity index (χ1v) is 9.77. The number of nitrogens with one attached hydrogen (secondary N) is 2. The van der Waals surface area contributed by atoms with Gasteiger partial charge in [-0.3, -0.25) is 4.79 Å². The minimum Gasteiger partial charge on any atom is -0.383 e. The lowest BCUT2D eigenvalue weighted by Crippen LogP contribution is -2.35. The van der Waals surface area contributed by atoms with E-state index in [1.165, 1.54) is 19.2 Å². The van der Waals surface area contributed by atoms with Gasteiger partial charge in [0.2, 0.25) is 10.0 Å². The van der Waals surface area contributed by atoms with Gasteiger partial charge in [0.15, 0.2) is 0 Å². The molecule has 0 bridgehead atoms. The van der Waals surface area contributed by atoms with Crippen LogP contribution in [0.5, 0.6) is 0 Å². The second-order valence-electron chi connectivity index (χ2n) is 5.46. The Bertz CT molecular complexity index is 821. The molecule has 25 heavy (non-hydrogen) atoms. The van der Waals surface area contributed by atoms with E-state index in [0.717, 1.165) is 4.47 Å². The van der Waals surface area contributed by atoms with Gasteiger partial charge in [0.1, 0.15) is 0 Å². The second-order valence-corrected chi connectivity index (χ2v) is 8.09. The number of methoxy groups -OCH3 is 1. The molecule has 0 aromatic heterocycles. The average molecular weight is 427 g/mol. The Labute approximate surface area is 155 Å². The molecule has 0 radical (unpaired) electrons. The van der Waals surface area contributed by atoms with Crippen LogP contribution in [0.1, 0.15) is 17.3 Å². The summed E-state index contributed by atoms with van der Waals surface area (Å²) >= 11 is 3.31. The normalized spacial score (nSPS) is 12.6. The first kappa shape index (κ1) is 19.6. The second kappa shape index (κ2) is 8.57. The number of hydrogen-bond donors (Lipinski definition) is 2. The topological polar surface area (TPSA) is 84.5 Å². The van der Waals surface area contributed by atoms with Gasteiger partial charge in [-0.1, -0.05) is 15.9 Å². The largest absolute Gasteiger partial charge is 0.383 e. The zero-order valence-corrected chi connectivity index (χ0v) is 16.2. The van der Waals surface area contributed by atoms with Gasteiger partial charge >= 0.3 is 0 Å². The van der Waals surface area contributed by atoms with Crippen molar-refractivity contribution in [2.75, 3.05) is 19.0 Å². The van der Waals surface area contributed by atoms with Gasteiger partial charge in [0, 0.05) is 28.9 Å². The number of anilines is 1. The van der Waals surface area contributed by atoms with Crippen molar-refractivity contribution in [3.63, 3.8) is 0 Å². The lowest BCUT2D eigenvalue weighted by Gasteiger charge is -2.13. The molecule has 0 aliphatic rings. The molecule has 0 fully saturated rings. The third kappa shape index (κ3) is 5.64. The Morgan fingerprint density at radius 3 is 2.28 bits per heavy atom. The predicted molar refractivity (Wildman–Crippen MR) is 100 cm³/mol. The summed E-state index contributed by atoms with van der Waals surface area (Å²) in [6.45, 7) is 1.99. The molecule has 0 saturated carbocycles. The van der Waals surface area contributed by atoms with E-state index in [1.54, 1.807) is 43.3 Å². The van der Waals surface area contributed by atoms with Gasteiger partial charge in [0.05, 0.1) is 11.5 Å². The summed E-state index contributed by atoms with van der Waals surface area (Å²) < 4.78 is 32.8. The number of carbonyl (C=O) groups excluding carboxylic acids is 1. The number of sulfonamides is 1. The van der Waals surface area contributed by atoms with E-state index in [2.05, 4.69) is 26.0 Å². The maximum atomic E-state index is 12.2. The maximum Gasteiger partial charge on any atom is 0.255 e. The summed E-state index contributed by atoms with van der Waals surface area (Å²) in [5.41, 5.74) is 1.02. The molecule has 1 unspecified atom stereocenters. The van der Waals surface area contributed by atoms with E-state index in [9.17, 15) is 13.2 Å². The van der Waals surface area contributed by atoms with Crippen molar-refractivity contribution in [2.24, 2.45) is 0 Å². The molecule has 2 aromatic carbocycles. The van der Waals surface area contributed by atoms with E-state index in [-0.39, 0.29) is 23.5 Å². The average Bonchev–Trinajstić information content (AvgIpc) is 2.55. The van der Waals surface area contributed by atoms with E-state index >= 15 is 0 Å². The van der Waals surface area contributed by atoms with Crippen LogP contribution in [0.2, 0.25) is 0 Å². The summed E-state index contributed by atoms with van der Waals surface area (Å²) in [4.78, 5) is 12.3. The summed E-state index contributed by atoms with van der Waals surface area (Å²) in [6, 6.07) is 12.6. The molecule has 1 amide bonds. The minimum absolute atomic E-state index is 0.122. The van der Waals surface area contributed by atoms with Crippen molar-refractivity contribution in [3.8, 4) is 0 Å². The predicted octanol–water partition coefficient (Wildman–Crippen LogP) is 3.01. The Morgan fingerprint density at radius 2 is 1.72 bits per heavy atom. The SMILES string of the molecule is COCC(C)NS(=O)(=O)c1ccc(NC(=O)c2ccc(Br)cc2)cc1. The molecule has 0 aliphatic carbocycles. The molecule has 2 N–H and O–H groups in total. The number of ether oxygens (including phenoxy) is 1. The smallest absolute Gasteiger partial charge is 0.255 e. The van der Waals surface area contributed by atoms with Gasteiger partial charge in [-0.15, -0.1) is 0 Å². The highest BCUT2D eigenvalue weighted by molar-refractivity contribution is 9.10. The van der Waals surface area contributed by atoms with E-state index < -0.39 is 10.0 Å². The maximum absolute atomic E-state index is 12.2. The number of carbonyl (C=O) groups is 1. The van der Waals surface area contributed by atoms with E-state index in [1.807, 2.05) is 0 Å². The molecule has 2 rings (SSSR count). The van der Waals surface area contributed by atoms with Gasteiger partial charge in [-0.2, -0.15) is 0 Å². The number of benzene rings is 2. The molecule has 0 aliphatic heterocycles. The first-order valence-electron chi connectivity index (χ1n) is 7.50. The van der Waals surface area contributed by atoms with Gasteiger partial charge in [-0.05, 0) is 55.5 Å². The van der Waals surface area contributed by atoms with Gasteiger partial charge in [-0.25, -0.2) is 13.1 Å². The van der Waals surface area contributed by atoms with Crippen LogP contribution in [0.25, 0.3) is 0 Å². The van der Waals surface area contributed by atoms with Crippen molar-refractivity contribution >= 4 is 37.5 Å². The van der Waals surface area contributed by atoms with Crippen LogP contribution in [-0.2, 0) is 14.8 Å². The minimum atomic E-state index is -3.63. The zero-order chi connectivity index (χ0) is 18.4. The zero-order valence-electron chi connectivity index (χ0n) is 13.8. The molecular formula is C17H19BrN2O4S. The molecule has 0 spiro atoms. The van der Waals surface area contributed by atoms with Crippen LogP contribution in [0, 0.1) is 0 Å². The Hall–Kier alpha value is -1.74. The molecule has 2 aromatic rings. The Kier molecular flexibility index (Phi) is 6.71. The van der Waals surface area contributed by atoms with Crippen molar-refractivity contribution in [1.82, 2.24) is 4.72 Å². The fourth-order valence-corrected chi connectivity index (χ4v) is 3.63. The highest BCUT2D eigenvalue weighted by atomic mass is 79.9. The van der Waals surface area contributed by atoms with Crippen LogP contribution in [-0.4, -0.2) is 34.1 Å². The van der Waals surface area contributed by atoms with Gasteiger partial charge in [0.25, 0.3) is 5.91 Å². The summed E-state index contributed by atoms with van der Waals surface area (Å²) in [6.07, 6.45) is 0. The number of halogens is 1. The first-order chi connectivity index (χ1) is 11.8. The molecule has 0 heterocycles. The van der Waals surface area contributed by atoms with E-state index in [4.69, 9.17) is 4.74 Å². The van der Waals surface area contributed by atoms with Crippen LogP contribution >= 0.6 is 15.9 Å². The third-order valence-electron chi connectivity index (χ3n) is 3.30. The summed E-state index contributed by atoms with van der Waals surface area (Å²) in [7, 11) is -2.12. The fraction of sp³-hybridized carbons (Fsp3) is 0.235. The Morgan fingerprint density at radius 1 is 1.12 bits per heavy atom. The Balaban J connectivity index is 2.06. The quantitative estimate of drug-likeness (QED) is 0.712. The summed E-state index contributed by atoms with van der Waals surface area (Å²) in [5.74, 6) is -0.269. The van der Waals surface area contributed by atoms with Crippen LogP contribution < -0.4 is 10.0 Å². The number of rotatable bonds is 7. The van der Waals surface area contributed by atoms with Gasteiger partial charge < -0.3 is 10.1 Å². The monoisotopic (exact) mass is 426 g/mol.